The molecule has 0 unspecified atom stereocenters. The Hall–Kier alpha value is -1.06. The highest BCUT2D eigenvalue weighted by molar-refractivity contribution is 5.26. The van der Waals surface area contributed by atoms with E-state index in [1.807, 2.05) is 4.90 Å². The molecule has 2 fully saturated rings. The van der Waals surface area contributed by atoms with Crippen LogP contribution in [0.5, 0.6) is 5.75 Å². The van der Waals surface area contributed by atoms with E-state index in [1.54, 1.807) is 12.0 Å². The van der Waals surface area contributed by atoms with Gasteiger partial charge in [-0.25, -0.2) is 0 Å². The van der Waals surface area contributed by atoms with E-state index in [9.17, 15) is 0 Å². The fourth-order valence-electron chi connectivity index (χ4n) is 4.21. The van der Waals surface area contributed by atoms with Gasteiger partial charge in [-0.1, -0.05) is 6.92 Å². The summed E-state index contributed by atoms with van der Waals surface area (Å²) in [5.41, 5.74) is 1.44. The first-order chi connectivity index (χ1) is 10.7. The minimum atomic E-state index is 0.957. The lowest BCUT2D eigenvalue weighted by atomic mass is 9.86. The summed E-state index contributed by atoms with van der Waals surface area (Å²) >= 11 is 0. The molecule has 122 valence electrons. The summed E-state index contributed by atoms with van der Waals surface area (Å²) in [6, 6.07) is 9.55. The summed E-state index contributed by atoms with van der Waals surface area (Å²) in [6.07, 6.45) is 5.84. The lowest BCUT2D eigenvalue weighted by Gasteiger charge is -2.37. The van der Waals surface area contributed by atoms with Crippen molar-refractivity contribution in [3.8, 4) is 5.75 Å². The van der Waals surface area contributed by atoms with Crippen molar-refractivity contribution in [2.24, 2.45) is 5.92 Å². The van der Waals surface area contributed by atoms with Crippen LogP contribution >= 0.6 is 0 Å². The van der Waals surface area contributed by atoms with Gasteiger partial charge in [0, 0.05) is 5.56 Å². The van der Waals surface area contributed by atoms with Crippen LogP contribution < -0.4 is 14.5 Å². The number of nitrogens with one attached hydrogen (secondary N) is 2. The van der Waals surface area contributed by atoms with Crippen LogP contribution in [0.3, 0.4) is 0 Å². The molecule has 2 N–H and O–H groups in total. The van der Waals surface area contributed by atoms with E-state index in [2.05, 4.69) is 31.2 Å². The predicted octanol–water partition coefficient (Wildman–Crippen LogP) is 0.557. The van der Waals surface area contributed by atoms with Crippen LogP contribution in [0.4, 0.5) is 0 Å². The van der Waals surface area contributed by atoms with Gasteiger partial charge in [0.05, 0.1) is 13.2 Å². The number of ether oxygens (including phenoxy) is 1. The highest BCUT2D eigenvalue weighted by Crippen LogP contribution is 2.21. The molecule has 1 aliphatic carbocycles. The van der Waals surface area contributed by atoms with Gasteiger partial charge in [0.1, 0.15) is 38.5 Å². The van der Waals surface area contributed by atoms with E-state index in [0.717, 1.165) is 17.7 Å². The SMILES string of the molecule is COc1ccc(C[NH+]2CC[NH+](C3CCC(C)CC3)CC2)cc1. The Morgan fingerprint density at radius 1 is 0.955 bits per heavy atom. The predicted molar refractivity (Wildman–Crippen MR) is 89.5 cm³/mol. The van der Waals surface area contributed by atoms with E-state index in [1.165, 1.54) is 64.0 Å². The van der Waals surface area contributed by atoms with Gasteiger partial charge < -0.3 is 14.5 Å². The second-order valence-electron chi connectivity index (χ2n) is 7.39. The molecule has 1 aromatic rings. The number of methoxy groups -OCH3 is 1. The van der Waals surface area contributed by atoms with Crippen molar-refractivity contribution in [1.82, 2.24) is 0 Å². The number of benzene rings is 1. The molecule has 0 amide bonds. The fraction of sp³-hybridized carbons (Fsp3) is 0.684. The van der Waals surface area contributed by atoms with Gasteiger partial charge in [0.15, 0.2) is 0 Å². The van der Waals surface area contributed by atoms with Gasteiger partial charge >= 0.3 is 0 Å². The smallest absolute Gasteiger partial charge is 0.127 e. The third-order valence-corrected chi connectivity index (χ3v) is 5.81. The molecule has 22 heavy (non-hydrogen) atoms. The summed E-state index contributed by atoms with van der Waals surface area (Å²) in [6.45, 7) is 8.97. The van der Waals surface area contributed by atoms with Gasteiger partial charge in [-0.2, -0.15) is 0 Å². The lowest BCUT2D eigenvalue weighted by Crippen LogP contribution is -3.29. The Kier molecular flexibility index (Phi) is 5.37. The highest BCUT2D eigenvalue weighted by Gasteiger charge is 2.31. The number of hydrogen-bond donors (Lipinski definition) is 2. The van der Waals surface area contributed by atoms with Crippen LogP contribution in [0.15, 0.2) is 24.3 Å². The van der Waals surface area contributed by atoms with E-state index in [0.29, 0.717) is 0 Å². The number of rotatable bonds is 4. The molecular formula is C19H32N2O+2. The summed E-state index contributed by atoms with van der Waals surface area (Å²) in [4.78, 5) is 3.64. The zero-order valence-electron chi connectivity index (χ0n) is 14.2. The van der Waals surface area contributed by atoms with Crippen LogP contribution in [0.25, 0.3) is 0 Å². The van der Waals surface area contributed by atoms with E-state index in [4.69, 9.17) is 4.74 Å². The van der Waals surface area contributed by atoms with Gasteiger partial charge in [-0.3, -0.25) is 0 Å². The van der Waals surface area contributed by atoms with Crippen molar-refractivity contribution in [3.05, 3.63) is 29.8 Å². The van der Waals surface area contributed by atoms with E-state index >= 15 is 0 Å². The van der Waals surface area contributed by atoms with Crippen molar-refractivity contribution < 1.29 is 14.5 Å². The third-order valence-electron chi connectivity index (χ3n) is 5.81. The maximum Gasteiger partial charge on any atom is 0.127 e. The topological polar surface area (TPSA) is 18.1 Å². The van der Waals surface area contributed by atoms with Crippen molar-refractivity contribution in [2.45, 2.75) is 45.2 Å². The fourth-order valence-corrected chi connectivity index (χ4v) is 4.21. The molecule has 0 atom stereocenters. The molecule has 0 bridgehead atoms. The lowest BCUT2D eigenvalue weighted by molar-refractivity contribution is -1.03. The molecule has 3 heteroatoms. The Morgan fingerprint density at radius 2 is 1.59 bits per heavy atom. The van der Waals surface area contributed by atoms with Gasteiger partial charge in [-0.05, 0) is 55.9 Å². The zero-order chi connectivity index (χ0) is 15.4. The molecular weight excluding hydrogens is 272 g/mol. The Balaban J connectivity index is 1.45. The Morgan fingerprint density at radius 3 is 2.18 bits per heavy atom. The minimum absolute atomic E-state index is 0.957. The van der Waals surface area contributed by atoms with Crippen molar-refractivity contribution in [2.75, 3.05) is 33.3 Å². The van der Waals surface area contributed by atoms with Gasteiger partial charge in [0.25, 0.3) is 0 Å². The van der Waals surface area contributed by atoms with Crippen LogP contribution in [-0.2, 0) is 6.54 Å². The largest absolute Gasteiger partial charge is 0.497 e. The second kappa shape index (κ2) is 7.47. The Bertz CT molecular complexity index is 443. The minimum Gasteiger partial charge on any atom is -0.497 e. The van der Waals surface area contributed by atoms with Crippen LogP contribution in [-0.4, -0.2) is 39.3 Å². The quantitative estimate of drug-likeness (QED) is 0.832. The maximum atomic E-state index is 5.24. The average molecular weight is 304 g/mol. The highest BCUT2D eigenvalue weighted by atomic mass is 16.5. The summed E-state index contributed by atoms with van der Waals surface area (Å²) in [7, 11) is 1.73. The molecule has 1 heterocycles. The zero-order valence-corrected chi connectivity index (χ0v) is 14.2. The summed E-state index contributed by atoms with van der Waals surface area (Å²) < 4.78 is 5.24. The van der Waals surface area contributed by atoms with Crippen LogP contribution in [0.1, 0.15) is 38.2 Å². The standard InChI is InChI=1S/C19H30N2O/c1-16-3-7-18(8-4-16)21-13-11-20(12-14-21)15-17-5-9-19(22-2)10-6-17/h5-6,9-10,16,18H,3-4,7-8,11-15H2,1-2H3/p+2. The van der Waals surface area contributed by atoms with Crippen molar-refractivity contribution >= 4 is 0 Å². The van der Waals surface area contributed by atoms with Crippen LogP contribution in [0, 0.1) is 5.92 Å². The maximum absolute atomic E-state index is 5.24. The number of hydrogen-bond acceptors (Lipinski definition) is 1. The monoisotopic (exact) mass is 304 g/mol. The molecule has 1 aliphatic heterocycles. The average Bonchev–Trinajstić information content (AvgIpc) is 2.57. The van der Waals surface area contributed by atoms with Gasteiger partial charge in [-0.15, -0.1) is 0 Å². The number of piperazine rings is 1. The second-order valence-corrected chi connectivity index (χ2v) is 7.39. The molecule has 1 saturated heterocycles. The molecule has 2 aliphatic rings. The first-order valence-corrected chi connectivity index (χ1v) is 9.05. The Labute approximate surface area is 135 Å². The van der Waals surface area contributed by atoms with Crippen LogP contribution in [0.2, 0.25) is 0 Å². The van der Waals surface area contributed by atoms with E-state index in [-0.39, 0.29) is 0 Å². The molecule has 0 spiro atoms. The molecule has 0 radical (unpaired) electrons. The first kappa shape index (κ1) is 15.8. The van der Waals surface area contributed by atoms with Crippen molar-refractivity contribution in [3.63, 3.8) is 0 Å². The molecule has 0 aromatic heterocycles. The molecule has 1 aromatic carbocycles. The molecule has 1 saturated carbocycles. The normalized spacial score (nSPS) is 32.6. The van der Waals surface area contributed by atoms with Gasteiger partial charge in [0.2, 0.25) is 0 Å². The first-order valence-electron chi connectivity index (χ1n) is 9.05. The summed E-state index contributed by atoms with van der Waals surface area (Å²) in [5.74, 6) is 1.93. The summed E-state index contributed by atoms with van der Waals surface area (Å²) in [5, 5.41) is 0. The molecule has 3 nitrogen and oxygen atoms in total. The number of quaternary nitrogens is 2. The molecule has 3 rings (SSSR count). The third kappa shape index (κ3) is 4.02. The van der Waals surface area contributed by atoms with E-state index < -0.39 is 0 Å². The van der Waals surface area contributed by atoms with Crippen molar-refractivity contribution in [1.29, 1.82) is 0 Å².